The fourth-order valence-electron chi connectivity index (χ4n) is 3.87. The molecule has 0 heterocycles. The number of rotatable bonds is 1. The van der Waals surface area contributed by atoms with Gasteiger partial charge in [-0.05, 0) is 47.3 Å². The molecule has 0 bridgehead atoms. The van der Waals surface area contributed by atoms with Gasteiger partial charge in [-0.3, -0.25) is 0 Å². The van der Waals surface area contributed by atoms with Crippen LogP contribution in [0.1, 0.15) is 81.1 Å². The molecule has 18 heavy (non-hydrogen) atoms. The molecule has 0 aliphatic heterocycles. The normalized spacial score (nSPS) is 27.2. The summed E-state index contributed by atoms with van der Waals surface area (Å²) in [7, 11) is 0. The van der Waals surface area contributed by atoms with E-state index in [2.05, 4.69) is 32.0 Å². The van der Waals surface area contributed by atoms with Crippen molar-refractivity contribution < 1.29 is 5.11 Å². The molecule has 0 spiro atoms. The fraction of sp³-hybridized carbons (Fsp3) is 0.647. The van der Waals surface area contributed by atoms with Gasteiger partial charge < -0.3 is 5.11 Å². The zero-order valence-electron chi connectivity index (χ0n) is 11.6. The summed E-state index contributed by atoms with van der Waals surface area (Å²) in [4.78, 5) is 0. The van der Waals surface area contributed by atoms with Crippen LogP contribution < -0.4 is 0 Å². The van der Waals surface area contributed by atoms with E-state index < -0.39 is 0 Å². The molecular formula is C17H24O. The van der Waals surface area contributed by atoms with Crippen LogP contribution in [0.25, 0.3) is 0 Å². The molecule has 1 aromatic carbocycles. The van der Waals surface area contributed by atoms with E-state index in [1.807, 2.05) is 0 Å². The van der Waals surface area contributed by atoms with Crippen LogP contribution in [-0.2, 0) is 5.41 Å². The summed E-state index contributed by atoms with van der Waals surface area (Å²) in [6.07, 6.45) is 7.42. The van der Waals surface area contributed by atoms with Crippen LogP contribution in [0.5, 0.6) is 0 Å². The molecule has 3 rings (SSSR count). The van der Waals surface area contributed by atoms with Crippen molar-refractivity contribution in [3.8, 4) is 0 Å². The van der Waals surface area contributed by atoms with E-state index >= 15 is 0 Å². The molecule has 0 saturated heterocycles. The standard InChI is InChI=1S/C17H24O/c1-17(2)11-16(18)14-10-13(8-9-15(14)17)12-6-4-3-5-7-12/h8-10,12,16,18H,3-7,11H2,1-2H3/t16-/m1/s1. The van der Waals surface area contributed by atoms with Gasteiger partial charge in [0, 0.05) is 0 Å². The maximum absolute atomic E-state index is 10.2. The van der Waals surface area contributed by atoms with Crippen molar-refractivity contribution in [1.29, 1.82) is 0 Å². The zero-order valence-corrected chi connectivity index (χ0v) is 11.6. The Morgan fingerprint density at radius 2 is 1.83 bits per heavy atom. The Bertz CT molecular complexity index is 441. The Labute approximate surface area is 110 Å². The van der Waals surface area contributed by atoms with Crippen molar-refractivity contribution in [2.45, 2.75) is 69.8 Å². The minimum atomic E-state index is -0.251. The molecule has 1 nitrogen and oxygen atoms in total. The molecule has 0 aromatic heterocycles. The summed E-state index contributed by atoms with van der Waals surface area (Å²) in [5, 5.41) is 10.2. The van der Waals surface area contributed by atoms with Crippen LogP contribution in [0.4, 0.5) is 0 Å². The van der Waals surface area contributed by atoms with Crippen molar-refractivity contribution in [3.05, 3.63) is 34.9 Å². The van der Waals surface area contributed by atoms with Crippen molar-refractivity contribution >= 4 is 0 Å². The first-order chi connectivity index (χ1) is 8.58. The molecule has 98 valence electrons. The van der Waals surface area contributed by atoms with E-state index in [1.54, 1.807) is 0 Å². The number of hydrogen-bond donors (Lipinski definition) is 1. The highest BCUT2D eigenvalue weighted by Gasteiger charge is 2.36. The third-order valence-corrected chi connectivity index (χ3v) is 4.94. The highest BCUT2D eigenvalue weighted by molar-refractivity contribution is 5.43. The number of aliphatic hydroxyl groups is 1. The summed E-state index contributed by atoms with van der Waals surface area (Å²) in [6.45, 7) is 4.48. The van der Waals surface area contributed by atoms with E-state index in [-0.39, 0.29) is 11.5 Å². The first-order valence-electron chi connectivity index (χ1n) is 7.40. The lowest BCUT2D eigenvalue weighted by molar-refractivity contribution is 0.161. The second kappa shape index (κ2) is 4.38. The van der Waals surface area contributed by atoms with Gasteiger partial charge in [-0.25, -0.2) is 0 Å². The second-order valence-electron chi connectivity index (χ2n) is 6.79. The Morgan fingerprint density at radius 1 is 1.11 bits per heavy atom. The van der Waals surface area contributed by atoms with Crippen molar-refractivity contribution in [3.63, 3.8) is 0 Å². The zero-order chi connectivity index (χ0) is 12.8. The largest absolute Gasteiger partial charge is 0.388 e. The highest BCUT2D eigenvalue weighted by atomic mass is 16.3. The molecule has 1 aromatic rings. The summed E-state index contributed by atoms with van der Waals surface area (Å²) >= 11 is 0. The fourth-order valence-corrected chi connectivity index (χ4v) is 3.87. The molecule has 2 aliphatic carbocycles. The van der Waals surface area contributed by atoms with E-state index in [9.17, 15) is 5.11 Å². The van der Waals surface area contributed by atoms with Gasteiger partial charge in [0.05, 0.1) is 6.10 Å². The topological polar surface area (TPSA) is 20.2 Å². The lowest BCUT2D eigenvalue weighted by Crippen LogP contribution is -2.12. The number of aliphatic hydroxyl groups excluding tert-OH is 1. The molecule has 1 atom stereocenters. The first-order valence-corrected chi connectivity index (χ1v) is 7.40. The quantitative estimate of drug-likeness (QED) is 0.774. The maximum Gasteiger partial charge on any atom is 0.0801 e. The average Bonchev–Trinajstić information content (AvgIpc) is 2.61. The van der Waals surface area contributed by atoms with Gasteiger partial charge in [-0.15, -0.1) is 0 Å². The van der Waals surface area contributed by atoms with Crippen LogP contribution in [-0.4, -0.2) is 5.11 Å². The predicted octanol–water partition coefficient (Wildman–Crippen LogP) is 4.45. The van der Waals surface area contributed by atoms with Crippen LogP contribution in [0.15, 0.2) is 18.2 Å². The smallest absolute Gasteiger partial charge is 0.0801 e. The van der Waals surface area contributed by atoms with Gasteiger partial charge in [0.25, 0.3) is 0 Å². The third-order valence-electron chi connectivity index (χ3n) is 4.94. The van der Waals surface area contributed by atoms with Crippen LogP contribution in [0.2, 0.25) is 0 Å². The van der Waals surface area contributed by atoms with Crippen molar-refractivity contribution in [1.82, 2.24) is 0 Å². The Kier molecular flexibility index (Phi) is 2.97. The minimum absolute atomic E-state index is 0.139. The molecular weight excluding hydrogens is 220 g/mol. The Hall–Kier alpha value is -0.820. The summed E-state index contributed by atoms with van der Waals surface area (Å²) < 4.78 is 0. The van der Waals surface area contributed by atoms with Crippen LogP contribution in [0, 0.1) is 0 Å². The summed E-state index contributed by atoms with van der Waals surface area (Å²) in [5.41, 5.74) is 4.16. The number of benzene rings is 1. The highest BCUT2D eigenvalue weighted by Crippen LogP contribution is 2.46. The van der Waals surface area contributed by atoms with E-state index in [4.69, 9.17) is 0 Å². The number of hydrogen-bond acceptors (Lipinski definition) is 1. The first kappa shape index (κ1) is 12.2. The molecule has 0 unspecified atom stereocenters. The van der Waals surface area contributed by atoms with Gasteiger partial charge in [0.1, 0.15) is 0 Å². The van der Waals surface area contributed by atoms with Gasteiger partial charge >= 0.3 is 0 Å². The molecule has 2 aliphatic rings. The maximum atomic E-state index is 10.2. The van der Waals surface area contributed by atoms with Crippen LogP contribution >= 0.6 is 0 Å². The van der Waals surface area contributed by atoms with Crippen molar-refractivity contribution in [2.24, 2.45) is 0 Å². The lowest BCUT2D eigenvalue weighted by atomic mass is 9.81. The van der Waals surface area contributed by atoms with Crippen molar-refractivity contribution in [2.75, 3.05) is 0 Å². The van der Waals surface area contributed by atoms with E-state index in [0.717, 1.165) is 12.3 Å². The molecule has 1 heteroatoms. The third kappa shape index (κ3) is 1.99. The monoisotopic (exact) mass is 244 g/mol. The molecule has 1 N–H and O–H groups in total. The van der Waals surface area contributed by atoms with Gasteiger partial charge in [0.15, 0.2) is 0 Å². The Morgan fingerprint density at radius 3 is 2.56 bits per heavy atom. The summed E-state index contributed by atoms with van der Waals surface area (Å²) in [5.74, 6) is 0.736. The minimum Gasteiger partial charge on any atom is -0.388 e. The molecule has 1 fully saturated rings. The molecule has 0 amide bonds. The second-order valence-corrected chi connectivity index (χ2v) is 6.79. The van der Waals surface area contributed by atoms with Gasteiger partial charge in [-0.2, -0.15) is 0 Å². The average molecular weight is 244 g/mol. The lowest BCUT2D eigenvalue weighted by Gasteiger charge is -2.24. The van der Waals surface area contributed by atoms with Crippen LogP contribution in [0.3, 0.4) is 0 Å². The SMILES string of the molecule is CC1(C)C[C@@H](O)c2cc(C3CCCCC3)ccc21. The molecule has 1 saturated carbocycles. The van der Waals surface area contributed by atoms with Gasteiger partial charge in [-0.1, -0.05) is 51.3 Å². The Balaban J connectivity index is 1.94. The summed E-state index contributed by atoms with van der Waals surface area (Å²) in [6, 6.07) is 6.88. The molecule has 0 radical (unpaired) electrons. The van der Waals surface area contributed by atoms with E-state index in [1.165, 1.54) is 48.8 Å². The predicted molar refractivity (Wildman–Crippen MR) is 74.9 cm³/mol. The number of fused-ring (bicyclic) bond motifs is 1. The van der Waals surface area contributed by atoms with E-state index in [0.29, 0.717) is 0 Å². The van der Waals surface area contributed by atoms with Gasteiger partial charge in [0.2, 0.25) is 0 Å².